The Kier molecular flexibility index (Phi) is 34.2. The molecule has 0 saturated heterocycles. The smallest absolute Gasteiger partial charge is 0.370 e. The maximum atomic E-state index is 12.2. The summed E-state index contributed by atoms with van der Waals surface area (Å²) in [6, 6.07) is -1.35. The van der Waals surface area contributed by atoms with E-state index in [0.29, 0.717) is 6.42 Å². The van der Waals surface area contributed by atoms with Crippen molar-refractivity contribution in [3.8, 4) is 0 Å². The van der Waals surface area contributed by atoms with Crippen LogP contribution in [0.15, 0.2) is 33.7 Å². The number of carboxylic acids is 2. The van der Waals surface area contributed by atoms with E-state index in [4.69, 9.17) is 71.8 Å². The van der Waals surface area contributed by atoms with Crippen molar-refractivity contribution in [2.45, 2.75) is 153 Å². The largest absolute Gasteiger partial charge is 0.480 e. The molecule has 0 amide bonds. The third-order valence-electron chi connectivity index (χ3n) is 10.1. The van der Waals surface area contributed by atoms with Crippen molar-refractivity contribution in [2.75, 3.05) is 27.4 Å². The van der Waals surface area contributed by atoms with E-state index in [9.17, 15) is 39.6 Å². The molecule has 0 bridgehead atoms. The number of hydrogen-bond acceptors (Lipinski definition) is 18. The molecular weight excluding hydrogens is 873 g/mol. The van der Waals surface area contributed by atoms with Crippen LogP contribution in [-0.4, -0.2) is 145 Å². The Balaban J connectivity index is 0. The van der Waals surface area contributed by atoms with Gasteiger partial charge in [0.15, 0.2) is 18.0 Å². The highest BCUT2D eigenvalue weighted by atomic mass is 16.6. The number of rotatable bonds is 26. The number of aliphatic hydroxyl groups excluding tert-OH is 2. The van der Waals surface area contributed by atoms with E-state index in [0.717, 1.165) is 69.9 Å². The molecular formula is C42H72N8O16. The summed E-state index contributed by atoms with van der Waals surface area (Å²) in [6.45, 7) is 6.93. The van der Waals surface area contributed by atoms with E-state index in [1.54, 1.807) is 13.8 Å². The van der Waals surface area contributed by atoms with E-state index >= 15 is 0 Å². The molecule has 0 spiro atoms. The molecule has 0 aromatic heterocycles. The number of guanidine groups is 2. The summed E-state index contributed by atoms with van der Waals surface area (Å²) in [5.41, 5.74) is 21.8. The lowest BCUT2D eigenvalue weighted by atomic mass is 9.87. The minimum absolute atomic E-state index is 0.198. The molecule has 0 aromatic rings. The first-order chi connectivity index (χ1) is 31.3. The zero-order valence-corrected chi connectivity index (χ0v) is 38.7. The Morgan fingerprint density at radius 1 is 0.712 bits per heavy atom. The number of carbonyl (C=O) groups excluding carboxylic acids is 4. The second-order valence-corrected chi connectivity index (χ2v) is 15.0. The van der Waals surface area contributed by atoms with E-state index in [1.807, 2.05) is 0 Å². The third-order valence-corrected chi connectivity index (χ3v) is 10.1. The van der Waals surface area contributed by atoms with Crippen LogP contribution in [0.25, 0.3) is 0 Å². The van der Waals surface area contributed by atoms with Gasteiger partial charge in [-0.3, -0.25) is 9.59 Å². The number of unbranched alkanes of at least 4 members (excludes halogenated alkanes) is 8. The second-order valence-electron chi connectivity index (χ2n) is 15.0. The number of esters is 2. The molecule has 0 aliphatic carbocycles. The molecule has 0 radical (unpaired) electrons. The summed E-state index contributed by atoms with van der Waals surface area (Å²) in [4.78, 5) is 71.8. The number of aliphatic imine (C=N–C) groups is 2. The van der Waals surface area contributed by atoms with Crippen LogP contribution in [0.4, 0.5) is 0 Å². The average Bonchev–Trinajstić information content (AvgIpc) is 3.25. The second kappa shape index (κ2) is 36.3. The molecule has 2 heterocycles. The molecule has 14 N–H and O–H groups in total. The minimum Gasteiger partial charge on any atom is -0.480 e. The van der Waals surface area contributed by atoms with E-state index in [1.165, 1.54) is 26.4 Å². The predicted octanol–water partition coefficient (Wildman–Crippen LogP) is 1.62. The molecule has 24 heteroatoms. The Morgan fingerprint density at radius 2 is 1.09 bits per heavy atom. The number of aliphatic carboxylic acids is 2. The predicted molar refractivity (Wildman–Crippen MR) is 238 cm³/mol. The lowest BCUT2D eigenvalue weighted by Gasteiger charge is -2.39. The van der Waals surface area contributed by atoms with Crippen LogP contribution in [0.2, 0.25) is 0 Å². The van der Waals surface area contributed by atoms with Gasteiger partial charge in [-0.25, -0.2) is 40.0 Å². The van der Waals surface area contributed by atoms with Crippen LogP contribution in [0.1, 0.15) is 105 Å². The quantitative estimate of drug-likeness (QED) is 0.0194. The van der Waals surface area contributed by atoms with Gasteiger partial charge in [-0.2, -0.15) is 0 Å². The Bertz CT molecular complexity index is 1630. The van der Waals surface area contributed by atoms with Crippen LogP contribution >= 0.6 is 0 Å². The number of nitrogens with one attached hydrogen (secondary N) is 2. The Hall–Kier alpha value is -5.90. The monoisotopic (exact) mass is 945 g/mol. The van der Waals surface area contributed by atoms with Gasteiger partial charge in [0.25, 0.3) is 0 Å². The molecule has 6 unspecified atom stereocenters. The van der Waals surface area contributed by atoms with Crippen LogP contribution in [-0.2, 0) is 57.2 Å². The molecule has 0 fully saturated rings. The number of nitrogens with two attached hydrogens (primary N) is 4. The molecule has 2 aliphatic heterocycles. The number of hydrogen-bond donors (Lipinski definition) is 10. The summed E-state index contributed by atoms with van der Waals surface area (Å²) in [6.07, 6.45) is 8.69. The van der Waals surface area contributed by atoms with E-state index in [2.05, 4.69) is 23.8 Å². The van der Waals surface area contributed by atoms with Gasteiger partial charge in [0.2, 0.25) is 23.7 Å². The first-order valence-corrected chi connectivity index (χ1v) is 21.5. The van der Waals surface area contributed by atoms with Crippen molar-refractivity contribution >= 4 is 48.0 Å². The number of aliphatic hydroxyl groups is 2. The van der Waals surface area contributed by atoms with Crippen molar-refractivity contribution in [2.24, 2.45) is 44.8 Å². The number of nitrogens with zero attached hydrogens (tertiary/aromatic N) is 2. The highest BCUT2D eigenvalue weighted by Crippen LogP contribution is 2.32. The van der Waals surface area contributed by atoms with Crippen molar-refractivity contribution in [3.05, 3.63) is 23.7 Å². The zero-order chi connectivity index (χ0) is 50.8. The Labute approximate surface area is 385 Å². The van der Waals surface area contributed by atoms with Crippen molar-refractivity contribution in [3.63, 3.8) is 0 Å². The van der Waals surface area contributed by atoms with Crippen molar-refractivity contribution in [1.29, 1.82) is 10.8 Å². The summed E-state index contributed by atoms with van der Waals surface area (Å²) in [7, 11) is 2.73. The zero-order valence-electron chi connectivity index (χ0n) is 38.7. The normalized spacial score (nSPS) is 21.1. The van der Waals surface area contributed by atoms with Gasteiger partial charge in [-0.15, -0.1) is 0 Å². The van der Waals surface area contributed by atoms with E-state index < -0.39 is 91.0 Å². The van der Waals surface area contributed by atoms with Gasteiger partial charge < -0.3 is 71.8 Å². The number of ether oxygens (including phenoxy) is 6. The maximum Gasteiger partial charge on any atom is 0.370 e. The fourth-order valence-electron chi connectivity index (χ4n) is 6.75. The molecule has 2 rings (SSSR count). The lowest BCUT2D eigenvalue weighted by Crippen LogP contribution is -2.51. The number of isocyanates is 2. The fourth-order valence-corrected chi connectivity index (χ4v) is 6.75. The standard InChI is InChI=1S/2C20H35N3O7.2CHNO/c1-4-5-6-7-8-9-16(25)29-11-14(24)18(28-3)17-12(2)13(23-20(21)22)10-15(30-17)19(26)27;1-4-5-6-7-8-9-16(25)29-15(11-24)18(28-3)17-12(2)13(23-20(21)22)10-14(30-17)19(26)27;2*2-1-3/h10,12-14,17-18,24H,4-9,11H2,1-3H3,(H,26,27)(H4,21,22,23);10,12-13,15,17-18,24H,4-9,11H2,1-3H3,(H,26,27)(H4,21,22,23);2*2H/t12?,13?,14-,17?,18-;12?,13?,15-,17?,18-;;/m11../s1. The van der Waals surface area contributed by atoms with Crippen molar-refractivity contribution < 1.29 is 77.6 Å². The van der Waals surface area contributed by atoms with Crippen LogP contribution in [0.3, 0.4) is 0 Å². The summed E-state index contributed by atoms with van der Waals surface area (Å²) < 4.78 is 32.6. The summed E-state index contributed by atoms with van der Waals surface area (Å²) in [5, 5.41) is 49.8. The maximum absolute atomic E-state index is 12.2. The first kappa shape index (κ1) is 62.2. The molecule has 66 heavy (non-hydrogen) atoms. The van der Waals surface area contributed by atoms with Gasteiger partial charge in [-0.1, -0.05) is 79.1 Å². The summed E-state index contributed by atoms with van der Waals surface area (Å²) in [5.74, 6) is -5.34. The van der Waals surface area contributed by atoms with Gasteiger partial charge in [-0.05, 0) is 25.0 Å². The molecule has 0 aromatic carbocycles. The molecule has 2 aliphatic rings. The van der Waals surface area contributed by atoms with Gasteiger partial charge in [0.05, 0.1) is 18.7 Å². The van der Waals surface area contributed by atoms with Crippen molar-refractivity contribution in [1.82, 2.24) is 0 Å². The molecule has 0 saturated carbocycles. The number of carboxylic acid groups (broad SMARTS) is 2. The minimum atomic E-state index is -1.29. The molecule has 24 nitrogen and oxygen atoms in total. The number of carbonyl (C=O) groups is 4. The first-order valence-electron chi connectivity index (χ1n) is 21.5. The molecule has 376 valence electrons. The number of methoxy groups -OCH3 is 2. The van der Waals surface area contributed by atoms with Gasteiger partial charge in [0.1, 0.15) is 37.1 Å². The van der Waals surface area contributed by atoms with Crippen LogP contribution in [0, 0.1) is 22.7 Å². The topological polar surface area (TPSA) is 415 Å². The molecule has 10 atom stereocenters. The van der Waals surface area contributed by atoms with Crippen LogP contribution in [0.5, 0.6) is 0 Å². The summed E-state index contributed by atoms with van der Waals surface area (Å²) >= 11 is 0. The third kappa shape index (κ3) is 25.0. The van der Waals surface area contributed by atoms with Gasteiger partial charge >= 0.3 is 23.9 Å². The fraction of sp³-hybridized carbons (Fsp3) is 0.714. The average molecular weight is 945 g/mol. The van der Waals surface area contributed by atoms with E-state index in [-0.39, 0.29) is 42.9 Å². The van der Waals surface area contributed by atoms with Crippen LogP contribution < -0.4 is 22.9 Å². The highest BCUT2D eigenvalue weighted by Gasteiger charge is 2.44. The SMILES string of the molecule is CCCCCCCC(=O)OC[C@@H](O)[C@@H](OC)C1OC(C(=O)O)=CC(N=C(N)N)C1C.CCCCCCCC(=O)O[C@H](CO)[C@@H](OC)C1OC(C(=O)O)=CC(N=C(N)N)C1C.N=C=O.N=C=O. The Morgan fingerprint density at radius 3 is 1.44 bits per heavy atom. The highest BCUT2D eigenvalue weighted by molar-refractivity contribution is 5.85. The lowest BCUT2D eigenvalue weighted by molar-refractivity contribution is -0.175. The van der Waals surface area contributed by atoms with Gasteiger partial charge in [0, 0.05) is 38.9 Å².